The summed E-state index contributed by atoms with van der Waals surface area (Å²) < 4.78 is 0. The molecule has 0 bridgehead atoms. The normalized spacial score (nSPS) is 12.3. The first kappa shape index (κ1) is 14.9. The number of thioether (sulfide) groups is 1. The number of aromatic amines is 1. The monoisotopic (exact) mass is 309 g/mol. The highest BCUT2D eigenvalue weighted by Gasteiger charge is 2.12. The molecule has 112 valence electrons. The van der Waals surface area contributed by atoms with Crippen molar-refractivity contribution < 1.29 is 0 Å². The molecule has 1 N–H and O–H groups in total. The van der Waals surface area contributed by atoms with Crippen LogP contribution < -0.4 is 0 Å². The van der Waals surface area contributed by atoms with E-state index in [2.05, 4.69) is 77.6 Å². The summed E-state index contributed by atoms with van der Waals surface area (Å²) in [6, 6.07) is 18.9. The van der Waals surface area contributed by atoms with Gasteiger partial charge in [0.2, 0.25) is 5.16 Å². The summed E-state index contributed by atoms with van der Waals surface area (Å²) in [5.74, 6) is 0.824. The van der Waals surface area contributed by atoms with Gasteiger partial charge in [0.1, 0.15) is 0 Å². The van der Waals surface area contributed by atoms with E-state index in [1.807, 2.05) is 6.07 Å². The van der Waals surface area contributed by atoms with Crippen LogP contribution in [0.15, 0.2) is 59.8 Å². The summed E-state index contributed by atoms with van der Waals surface area (Å²) in [6.45, 7) is 4.33. The topological polar surface area (TPSA) is 41.6 Å². The third-order valence-corrected chi connectivity index (χ3v) is 4.67. The molecule has 3 nitrogen and oxygen atoms in total. The molecule has 1 heterocycles. The number of hydrogen-bond donors (Lipinski definition) is 1. The number of rotatable bonds is 5. The molecule has 1 unspecified atom stereocenters. The molecule has 1 aromatic heterocycles. The van der Waals surface area contributed by atoms with E-state index >= 15 is 0 Å². The van der Waals surface area contributed by atoms with Crippen molar-refractivity contribution in [3.63, 3.8) is 0 Å². The quantitative estimate of drug-likeness (QED) is 0.682. The molecule has 4 heteroatoms. The van der Waals surface area contributed by atoms with Crippen molar-refractivity contribution in [2.24, 2.45) is 0 Å². The molecule has 3 aromatic rings. The van der Waals surface area contributed by atoms with Gasteiger partial charge in [0.15, 0.2) is 5.82 Å². The molecule has 3 rings (SSSR count). The van der Waals surface area contributed by atoms with Gasteiger partial charge in [-0.2, -0.15) is 0 Å². The molecular formula is C18H19N3S. The van der Waals surface area contributed by atoms with E-state index in [1.54, 1.807) is 11.8 Å². The molecular weight excluding hydrogens is 290 g/mol. The summed E-state index contributed by atoms with van der Waals surface area (Å²) in [4.78, 5) is 4.60. The highest BCUT2D eigenvalue weighted by Crippen LogP contribution is 2.33. The highest BCUT2D eigenvalue weighted by molar-refractivity contribution is 7.99. The van der Waals surface area contributed by atoms with E-state index in [9.17, 15) is 0 Å². The van der Waals surface area contributed by atoms with Gasteiger partial charge in [-0.3, -0.25) is 5.10 Å². The number of aromatic nitrogens is 3. The Morgan fingerprint density at radius 2 is 1.77 bits per heavy atom. The summed E-state index contributed by atoms with van der Waals surface area (Å²) >= 11 is 1.67. The van der Waals surface area contributed by atoms with E-state index in [-0.39, 0.29) is 0 Å². The lowest BCUT2D eigenvalue weighted by molar-refractivity contribution is 0.960. The summed E-state index contributed by atoms with van der Waals surface area (Å²) in [7, 11) is 0. The van der Waals surface area contributed by atoms with Crippen LogP contribution in [-0.2, 0) is 6.42 Å². The van der Waals surface area contributed by atoms with Gasteiger partial charge in [-0.15, -0.1) is 5.10 Å². The standard InChI is InChI=1S/C18H19N3S/c1-3-14-9-11-16(12-10-14)17-19-18(21-20-17)22-13(2)15-7-5-4-6-8-15/h4-13H,3H2,1-2H3,(H,19,20,21). The van der Waals surface area contributed by atoms with Gasteiger partial charge in [0, 0.05) is 10.8 Å². The molecule has 0 saturated carbocycles. The average Bonchev–Trinajstić information content (AvgIpc) is 3.04. The van der Waals surface area contributed by atoms with Gasteiger partial charge in [-0.1, -0.05) is 73.3 Å². The largest absolute Gasteiger partial charge is 0.258 e. The number of hydrogen-bond acceptors (Lipinski definition) is 3. The molecule has 0 aliphatic rings. The van der Waals surface area contributed by atoms with E-state index < -0.39 is 0 Å². The van der Waals surface area contributed by atoms with Gasteiger partial charge in [-0.25, -0.2) is 4.98 Å². The second-order valence-corrected chi connectivity index (χ2v) is 6.50. The summed E-state index contributed by atoms with van der Waals surface area (Å²) in [6.07, 6.45) is 1.05. The Balaban J connectivity index is 1.73. The molecule has 2 aromatic carbocycles. The third-order valence-electron chi connectivity index (χ3n) is 3.65. The van der Waals surface area contributed by atoms with Crippen molar-refractivity contribution in [2.45, 2.75) is 30.7 Å². The van der Waals surface area contributed by atoms with Gasteiger partial charge >= 0.3 is 0 Å². The Labute approximate surface area is 135 Å². The predicted octanol–water partition coefficient (Wildman–Crippen LogP) is 4.89. The maximum absolute atomic E-state index is 4.60. The van der Waals surface area contributed by atoms with Crippen LogP contribution in [0.25, 0.3) is 11.4 Å². The Bertz CT molecular complexity index is 720. The van der Waals surface area contributed by atoms with Crippen LogP contribution in [0.4, 0.5) is 0 Å². The van der Waals surface area contributed by atoms with Crippen molar-refractivity contribution >= 4 is 11.8 Å². The van der Waals surface area contributed by atoms with Gasteiger partial charge in [-0.05, 0) is 24.5 Å². The predicted molar refractivity (Wildman–Crippen MR) is 91.9 cm³/mol. The Morgan fingerprint density at radius 3 is 2.45 bits per heavy atom. The third kappa shape index (κ3) is 3.39. The molecule has 0 saturated heterocycles. The van der Waals surface area contributed by atoms with E-state index in [1.165, 1.54) is 11.1 Å². The zero-order chi connectivity index (χ0) is 15.4. The van der Waals surface area contributed by atoms with Crippen molar-refractivity contribution in [3.05, 3.63) is 65.7 Å². The Morgan fingerprint density at radius 1 is 1.05 bits per heavy atom. The van der Waals surface area contributed by atoms with Crippen molar-refractivity contribution in [1.82, 2.24) is 15.2 Å². The molecule has 22 heavy (non-hydrogen) atoms. The average molecular weight is 309 g/mol. The van der Waals surface area contributed by atoms with Crippen LogP contribution in [0.1, 0.15) is 30.2 Å². The van der Waals surface area contributed by atoms with Crippen LogP contribution in [0.5, 0.6) is 0 Å². The Kier molecular flexibility index (Phi) is 4.59. The molecule has 0 aliphatic carbocycles. The van der Waals surface area contributed by atoms with Crippen molar-refractivity contribution in [3.8, 4) is 11.4 Å². The Hall–Kier alpha value is -2.07. The number of benzene rings is 2. The van der Waals surface area contributed by atoms with Crippen LogP contribution in [0.3, 0.4) is 0 Å². The SMILES string of the molecule is CCc1ccc(-c2nc(SC(C)c3ccccc3)n[nH]2)cc1. The van der Waals surface area contributed by atoms with Crippen molar-refractivity contribution in [1.29, 1.82) is 0 Å². The number of aryl methyl sites for hydroxylation is 1. The van der Waals surface area contributed by atoms with Crippen LogP contribution in [0.2, 0.25) is 0 Å². The zero-order valence-electron chi connectivity index (χ0n) is 12.8. The molecule has 1 atom stereocenters. The molecule has 0 amide bonds. The lowest BCUT2D eigenvalue weighted by atomic mass is 10.1. The minimum absolute atomic E-state index is 0.326. The first-order valence-electron chi connectivity index (χ1n) is 7.49. The molecule has 0 aliphatic heterocycles. The molecule has 0 spiro atoms. The molecule has 0 fully saturated rings. The number of nitrogens with zero attached hydrogens (tertiary/aromatic N) is 2. The van der Waals surface area contributed by atoms with Crippen molar-refractivity contribution in [2.75, 3.05) is 0 Å². The van der Waals surface area contributed by atoms with Crippen LogP contribution >= 0.6 is 11.8 Å². The first-order valence-corrected chi connectivity index (χ1v) is 8.37. The highest BCUT2D eigenvalue weighted by atomic mass is 32.2. The second-order valence-electron chi connectivity index (χ2n) is 5.19. The van der Waals surface area contributed by atoms with Gasteiger partial charge in [0.25, 0.3) is 0 Å². The fourth-order valence-electron chi connectivity index (χ4n) is 2.28. The summed E-state index contributed by atoms with van der Waals surface area (Å²) in [5, 5.41) is 8.47. The maximum Gasteiger partial charge on any atom is 0.209 e. The zero-order valence-corrected chi connectivity index (χ0v) is 13.6. The van der Waals surface area contributed by atoms with Gasteiger partial charge in [0.05, 0.1) is 0 Å². The minimum Gasteiger partial charge on any atom is -0.258 e. The minimum atomic E-state index is 0.326. The van der Waals surface area contributed by atoms with E-state index in [0.29, 0.717) is 5.25 Å². The lowest BCUT2D eigenvalue weighted by Gasteiger charge is -2.08. The summed E-state index contributed by atoms with van der Waals surface area (Å²) in [5.41, 5.74) is 3.69. The van der Waals surface area contributed by atoms with E-state index in [0.717, 1.165) is 23.0 Å². The lowest BCUT2D eigenvalue weighted by Crippen LogP contribution is -1.88. The first-order chi connectivity index (χ1) is 10.8. The fourth-order valence-corrected chi connectivity index (χ4v) is 3.13. The second kappa shape index (κ2) is 6.79. The molecule has 0 radical (unpaired) electrons. The van der Waals surface area contributed by atoms with Crippen LogP contribution in [0, 0.1) is 0 Å². The fraction of sp³-hybridized carbons (Fsp3) is 0.222. The van der Waals surface area contributed by atoms with Crippen LogP contribution in [-0.4, -0.2) is 15.2 Å². The number of nitrogens with one attached hydrogen (secondary N) is 1. The van der Waals surface area contributed by atoms with E-state index in [4.69, 9.17) is 0 Å². The number of H-pyrrole nitrogens is 1. The van der Waals surface area contributed by atoms with Gasteiger partial charge < -0.3 is 0 Å². The smallest absolute Gasteiger partial charge is 0.209 e. The maximum atomic E-state index is 4.60.